The average molecular weight is 225 g/mol. The van der Waals surface area contributed by atoms with Crippen molar-refractivity contribution in [3.63, 3.8) is 0 Å². The number of rotatable bonds is 5. The van der Waals surface area contributed by atoms with Gasteiger partial charge in [0.15, 0.2) is 6.10 Å². The van der Waals surface area contributed by atoms with Gasteiger partial charge in [-0.05, 0) is 13.0 Å². The number of aliphatic carboxylic acids is 1. The van der Waals surface area contributed by atoms with E-state index in [9.17, 15) is 9.59 Å². The highest BCUT2D eigenvalue weighted by atomic mass is 16.5. The maximum absolute atomic E-state index is 11.2. The topological polar surface area (TPSA) is 101 Å². The van der Waals surface area contributed by atoms with Crippen LogP contribution in [0.1, 0.15) is 6.92 Å². The first kappa shape index (κ1) is 12.1. The molecule has 0 bridgehead atoms. The molecule has 1 heterocycles. The van der Waals surface area contributed by atoms with Crippen LogP contribution in [0.15, 0.2) is 18.5 Å². The summed E-state index contributed by atoms with van der Waals surface area (Å²) < 4.78 is 4.77. The third kappa shape index (κ3) is 4.01. The van der Waals surface area contributed by atoms with E-state index in [0.29, 0.717) is 0 Å². The van der Waals surface area contributed by atoms with Gasteiger partial charge in [-0.3, -0.25) is 10.1 Å². The summed E-state index contributed by atoms with van der Waals surface area (Å²) in [6.45, 7) is 0.986. The summed E-state index contributed by atoms with van der Waals surface area (Å²) in [6.07, 6.45) is 1.93. The zero-order valence-corrected chi connectivity index (χ0v) is 8.58. The van der Waals surface area contributed by atoms with Crippen molar-refractivity contribution in [2.45, 2.75) is 13.0 Å². The number of carbonyl (C=O) groups excluding carboxylic acids is 1. The number of hydrogen-bond donors (Lipinski definition) is 2. The Kier molecular flexibility index (Phi) is 4.34. The Labute approximate surface area is 91.5 Å². The van der Waals surface area contributed by atoms with E-state index in [1.165, 1.54) is 19.3 Å². The average Bonchev–Trinajstić information content (AvgIpc) is 2.27. The number of anilines is 1. The van der Waals surface area contributed by atoms with Crippen molar-refractivity contribution in [2.75, 3.05) is 11.9 Å². The van der Waals surface area contributed by atoms with Crippen molar-refractivity contribution in [1.29, 1.82) is 0 Å². The molecule has 0 saturated heterocycles. The lowest BCUT2D eigenvalue weighted by Crippen LogP contribution is -2.27. The first-order valence-corrected chi connectivity index (χ1v) is 4.51. The number of carbonyl (C=O) groups is 2. The van der Waals surface area contributed by atoms with Gasteiger partial charge in [0.25, 0.3) is 5.91 Å². The zero-order chi connectivity index (χ0) is 12.0. The third-order valence-electron chi connectivity index (χ3n) is 1.63. The summed E-state index contributed by atoms with van der Waals surface area (Å²) in [4.78, 5) is 29.2. The van der Waals surface area contributed by atoms with Gasteiger partial charge in [-0.15, -0.1) is 0 Å². The maximum atomic E-state index is 11.2. The monoisotopic (exact) mass is 225 g/mol. The Morgan fingerprint density at radius 1 is 1.50 bits per heavy atom. The van der Waals surface area contributed by atoms with Gasteiger partial charge in [0.05, 0.1) is 0 Å². The Morgan fingerprint density at radius 2 is 2.12 bits per heavy atom. The predicted molar refractivity (Wildman–Crippen MR) is 53.7 cm³/mol. The quantitative estimate of drug-likeness (QED) is 0.725. The summed E-state index contributed by atoms with van der Waals surface area (Å²) in [5, 5.41) is 10.9. The molecular formula is C9H11N3O4. The molecule has 0 aliphatic carbocycles. The van der Waals surface area contributed by atoms with Crippen LogP contribution in [-0.4, -0.2) is 39.7 Å². The van der Waals surface area contributed by atoms with Crippen molar-refractivity contribution in [1.82, 2.24) is 9.97 Å². The molecule has 0 unspecified atom stereocenters. The predicted octanol–water partition coefficient (Wildman–Crippen LogP) is -0.0952. The van der Waals surface area contributed by atoms with Gasteiger partial charge in [0, 0.05) is 12.4 Å². The highest BCUT2D eigenvalue weighted by Crippen LogP contribution is 1.95. The molecule has 0 aliphatic rings. The van der Waals surface area contributed by atoms with Gasteiger partial charge in [0.2, 0.25) is 5.95 Å². The molecule has 1 rings (SSSR count). The van der Waals surface area contributed by atoms with Crippen molar-refractivity contribution in [3.8, 4) is 0 Å². The Balaban J connectivity index is 2.35. The van der Waals surface area contributed by atoms with E-state index in [-0.39, 0.29) is 12.6 Å². The summed E-state index contributed by atoms with van der Waals surface area (Å²) in [5.41, 5.74) is 0. The summed E-state index contributed by atoms with van der Waals surface area (Å²) in [5.74, 6) is -1.47. The van der Waals surface area contributed by atoms with Crippen LogP contribution in [0.2, 0.25) is 0 Å². The minimum Gasteiger partial charge on any atom is -0.479 e. The smallest absolute Gasteiger partial charge is 0.332 e. The summed E-state index contributed by atoms with van der Waals surface area (Å²) in [7, 11) is 0. The molecule has 1 aromatic heterocycles. The number of carboxylic acid groups (broad SMARTS) is 1. The fraction of sp³-hybridized carbons (Fsp3) is 0.333. The zero-order valence-electron chi connectivity index (χ0n) is 8.58. The van der Waals surface area contributed by atoms with Gasteiger partial charge >= 0.3 is 5.97 Å². The number of aromatic nitrogens is 2. The minimum atomic E-state index is -1.12. The fourth-order valence-corrected chi connectivity index (χ4v) is 0.796. The Morgan fingerprint density at radius 3 is 2.69 bits per heavy atom. The van der Waals surface area contributed by atoms with Crippen LogP contribution >= 0.6 is 0 Å². The van der Waals surface area contributed by atoms with Crippen LogP contribution in [0.4, 0.5) is 5.95 Å². The normalized spacial score (nSPS) is 11.8. The second kappa shape index (κ2) is 5.76. The lowest BCUT2D eigenvalue weighted by molar-refractivity contribution is -0.150. The maximum Gasteiger partial charge on any atom is 0.332 e. The molecule has 1 aromatic rings. The van der Waals surface area contributed by atoms with Gasteiger partial charge < -0.3 is 9.84 Å². The Hall–Kier alpha value is -2.02. The lowest BCUT2D eigenvalue weighted by atomic mass is 10.4. The Bertz CT molecular complexity index is 368. The van der Waals surface area contributed by atoms with Crippen LogP contribution in [0.5, 0.6) is 0 Å². The number of ether oxygens (including phenoxy) is 1. The van der Waals surface area contributed by atoms with E-state index < -0.39 is 18.0 Å². The van der Waals surface area contributed by atoms with Crippen LogP contribution in [0, 0.1) is 0 Å². The SMILES string of the molecule is C[C@H](OCC(=O)Nc1ncccn1)C(=O)O. The molecule has 1 amide bonds. The molecule has 7 heteroatoms. The van der Waals surface area contributed by atoms with Crippen LogP contribution in [-0.2, 0) is 14.3 Å². The van der Waals surface area contributed by atoms with Crippen molar-refractivity contribution < 1.29 is 19.4 Å². The minimum absolute atomic E-state index is 0.152. The van der Waals surface area contributed by atoms with E-state index in [1.54, 1.807) is 6.07 Å². The van der Waals surface area contributed by atoms with Crippen molar-refractivity contribution in [3.05, 3.63) is 18.5 Å². The van der Waals surface area contributed by atoms with Crippen molar-refractivity contribution in [2.24, 2.45) is 0 Å². The molecule has 0 aromatic carbocycles. The van der Waals surface area contributed by atoms with Gasteiger partial charge in [-0.25, -0.2) is 14.8 Å². The molecule has 0 fully saturated rings. The van der Waals surface area contributed by atoms with E-state index in [0.717, 1.165) is 0 Å². The van der Waals surface area contributed by atoms with E-state index in [4.69, 9.17) is 9.84 Å². The number of carboxylic acids is 1. The van der Waals surface area contributed by atoms with Crippen LogP contribution in [0.3, 0.4) is 0 Å². The largest absolute Gasteiger partial charge is 0.479 e. The first-order chi connectivity index (χ1) is 7.59. The number of amides is 1. The highest BCUT2D eigenvalue weighted by molar-refractivity contribution is 5.90. The van der Waals surface area contributed by atoms with E-state index in [1.807, 2.05) is 0 Å². The molecule has 7 nitrogen and oxygen atoms in total. The molecule has 16 heavy (non-hydrogen) atoms. The molecule has 0 spiro atoms. The van der Waals surface area contributed by atoms with Crippen LogP contribution < -0.4 is 5.32 Å². The standard InChI is InChI=1S/C9H11N3O4/c1-6(8(14)15)16-5-7(13)12-9-10-3-2-4-11-9/h2-4,6H,5H2,1H3,(H,14,15)(H,10,11,12,13)/t6-/m0/s1. The second-order valence-electron chi connectivity index (χ2n) is 2.91. The van der Waals surface area contributed by atoms with Gasteiger partial charge in [-0.1, -0.05) is 0 Å². The molecule has 1 atom stereocenters. The lowest BCUT2D eigenvalue weighted by Gasteiger charge is -2.07. The van der Waals surface area contributed by atoms with Gasteiger partial charge in [-0.2, -0.15) is 0 Å². The second-order valence-corrected chi connectivity index (χ2v) is 2.91. The molecular weight excluding hydrogens is 214 g/mol. The summed E-state index contributed by atoms with van der Waals surface area (Å²) in [6, 6.07) is 1.61. The molecule has 0 radical (unpaired) electrons. The van der Waals surface area contributed by atoms with Gasteiger partial charge in [0.1, 0.15) is 6.61 Å². The number of hydrogen-bond acceptors (Lipinski definition) is 5. The first-order valence-electron chi connectivity index (χ1n) is 4.51. The number of nitrogens with zero attached hydrogens (tertiary/aromatic N) is 2. The van der Waals surface area contributed by atoms with Crippen molar-refractivity contribution >= 4 is 17.8 Å². The molecule has 2 N–H and O–H groups in total. The van der Waals surface area contributed by atoms with Crippen LogP contribution in [0.25, 0.3) is 0 Å². The fourth-order valence-electron chi connectivity index (χ4n) is 0.796. The van der Waals surface area contributed by atoms with E-state index in [2.05, 4.69) is 15.3 Å². The number of nitrogens with one attached hydrogen (secondary N) is 1. The molecule has 86 valence electrons. The summed E-state index contributed by atoms with van der Waals surface area (Å²) >= 11 is 0. The molecule has 0 saturated carbocycles. The third-order valence-corrected chi connectivity index (χ3v) is 1.63. The highest BCUT2D eigenvalue weighted by Gasteiger charge is 2.13. The molecule has 0 aliphatic heterocycles. The van der Waals surface area contributed by atoms with E-state index >= 15 is 0 Å².